The molecule has 22 heavy (non-hydrogen) atoms. The van der Waals surface area contributed by atoms with Crippen LogP contribution in [-0.2, 0) is 6.42 Å². The Kier molecular flexibility index (Phi) is 3.37. The van der Waals surface area contributed by atoms with Gasteiger partial charge >= 0.3 is 0 Å². The molecule has 1 unspecified atom stereocenters. The molecule has 0 radical (unpaired) electrons. The van der Waals surface area contributed by atoms with Crippen LogP contribution in [0.25, 0.3) is 10.9 Å². The highest BCUT2D eigenvalue weighted by Crippen LogP contribution is 2.38. The van der Waals surface area contributed by atoms with Gasteiger partial charge in [-0.3, -0.25) is 0 Å². The predicted molar refractivity (Wildman–Crippen MR) is 88.3 cm³/mol. The fourth-order valence-corrected chi connectivity index (χ4v) is 3.63. The predicted octanol–water partition coefficient (Wildman–Crippen LogP) is 4.85. The summed E-state index contributed by atoms with van der Waals surface area (Å²) in [5, 5.41) is 5.50. The number of halogens is 3. The fourth-order valence-electron chi connectivity index (χ4n) is 3.21. The van der Waals surface area contributed by atoms with E-state index in [2.05, 4.69) is 10.3 Å². The van der Waals surface area contributed by atoms with Gasteiger partial charge in [0.05, 0.1) is 16.1 Å². The molecule has 0 bridgehead atoms. The highest BCUT2D eigenvalue weighted by Gasteiger charge is 2.27. The lowest BCUT2D eigenvalue weighted by atomic mass is 9.94. The Morgan fingerprint density at radius 2 is 2.00 bits per heavy atom. The van der Waals surface area contributed by atoms with Gasteiger partial charge in [0.25, 0.3) is 0 Å². The van der Waals surface area contributed by atoms with Crippen molar-refractivity contribution in [3.05, 3.63) is 69.1 Å². The van der Waals surface area contributed by atoms with Crippen molar-refractivity contribution in [3.63, 3.8) is 0 Å². The van der Waals surface area contributed by atoms with E-state index in [1.807, 2.05) is 12.1 Å². The Labute approximate surface area is 137 Å². The third-order valence-corrected chi connectivity index (χ3v) is 5.04. The Morgan fingerprint density at radius 1 is 1.14 bits per heavy atom. The topological polar surface area (TPSA) is 27.8 Å². The van der Waals surface area contributed by atoms with Crippen LogP contribution in [0.15, 0.2) is 36.4 Å². The number of aromatic amines is 1. The average Bonchev–Trinajstić information content (AvgIpc) is 2.88. The number of fused-ring (bicyclic) bond motifs is 3. The lowest BCUT2D eigenvalue weighted by Gasteiger charge is -2.25. The van der Waals surface area contributed by atoms with Crippen molar-refractivity contribution in [3.8, 4) is 0 Å². The van der Waals surface area contributed by atoms with E-state index in [0.717, 1.165) is 40.7 Å². The maximum Gasteiger partial charge on any atom is 0.123 e. The number of benzene rings is 2. The third kappa shape index (κ3) is 2.12. The molecule has 3 aromatic rings. The molecule has 0 aliphatic carbocycles. The molecule has 1 aromatic heterocycles. The minimum atomic E-state index is -0.217. The van der Waals surface area contributed by atoms with Gasteiger partial charge in [-0.05, 0) is 41.8 Å². The van der Waals surface area contributed by atoms with E-state index in [0.29, 0.717) is 10.0 Å². The van der Waals surface area contributed by atoms with Crippen LogP contribution >= 0.6 is 23.2 Å². The smallest absolute Gasteiger partial charge is 0.123 e. The van der Waals surface area contributed by atoms with E-state index < -0.39 is 0 Å². The lowest BCUT2D eigenvalue weighted by molar-refractivity contribution is 0.560. The summed E-state index contributed by atoms with van der Waals surface area (Å²) in [7, 11) is 0. The van der Waals surface area contributed by atoms with Crippen molar-refractivity contribution in [2.45, 2.75) is 12.5 Å². The van der Waals surface area contributed by atoms with Gasteiger partial charge in [-0.15, -0.1) is 0 Å². The minimum Gasteiger partial charge on any atom is -0.357 e. The van der Waals surface area contributed by atoms with Crippen molar-refractivity contribution < 1.29 is 4.39 Å². The highest BCUT2D eigenvalue weighted by atomic mass is 35.5. The van der Waals surface area contributed by atoms with E-state index in [4.69, 9.17) is 23.2 Å². The lowest BCUT2D eigenvalue weighted by Crippen LogP contribution is -2.30. The molecule has 4 rings (SSSR count). The van der Waals surface area contributed by atoms with E-state index in [1.54, 1.807) is 18.2 Å². The van der Waals surface area contributed by atoms with Crippen LogP contribution in [0.5, 0.6) is 0 Å². The van der Waals surface area contributed by atoms with Gasteiger partial charge < -0.3 is 10.3 Å². The minimum absolute atomic E-state index is 0.0644. The molecule has 0 spiro atoms. The molecule has 0 saturated carbocycles. The van der Waals surface area contributed by atoms with Crippen molar-refractivity contribution in [1.82, 2.24) is 10.3 Å². The van der Waals surface area contributed by atoms with Crippen LogP contribution in [0.2, 0.25) is 10.0 Å². The largest absolute Gasteiger partial charge is 0.357 e. The monoisotopic (exact) mass is 334 g/mol. The van der Waals surface area contributed by atoms with Gasteiger partial charge in [0, 0.05) is 23.1 Å². The number of hydrogen-bond acceptors (Lipinski definition) is 1. The third-order valence-electron chi connectivity index (χ3n) is 4.21. The average molecular weight is 335 g/mol. The highest BCUT2D eigenvalue weighted by molar-refractivity contribution is 6.42. The van der Waals surface area contributed by atoms with E-state index in [1.165, 1.54) is 6.07 Å². The molecule has 2 nitrogen and oxygen atoms in total. The molecule has 1 aliphatic heterocycles. The molecule has 0 fully saturated rings. The molecule has 2 aromatic carbocycles. The Hall–Kier alpha value is -1.55. The molecule has 5 heteroatoms. The van der Waals surface area contributed by atoms with Crippen LogP contribution < -0.4 is 5.32 Å². The van der Waals surface area contributed by atoms with E-state index in [-0.39, 0.29) is 11.9 Å². The summed E-state index contributed by atoms with van der Waals surface area (Å²) in [5.41, 5.74) is 4.06. The fraction of sp³-hybridized carbons (Fsp3) is 0.176. The van der Waals surface area contributed by atoms with Gasteiger partial charge in [0.1, 0.15) is 5.82 Å². The van der Waals surface area contributed by atoms with Crippen LogP contribution in [0.1, 0.15) is 22.9 Å². The van der Waals surface area contributed by atoms with Crippen LogP contribution in [-0.4, -0.2) is 11.5 Å². The second-order valence-electron chi connectivity index (χ2n) is 5.49. The standard InChI is InChI=1S/C17H13Cl2FN2/c18-13-3-1-2-11(15(13)19)16-17-10(6-7-21-16)12-8-9(20)4-5-14(12)22-17/h1-5,8,16,21-22H,6-7H2. The summed E-state index contributed by atoms with van der Waals surface area (Å²) >= 11 is 12.5. The molecular formula is C17H13Cl2FN2. The van der Waals surface area contributed by atoms with Gasteiger partial charge in [0.15, 0.2) is 0 Å². The Bertz CT molecular complexity index is 872. The zero-order valence-corrected chi connectivity index (χ0v) is 13.1. The molecule has 2 heterocycles. The number of nitrogens with one attached hydrogen (secondary N) is 2. The van der Waals surface area contributed by atoms with Crippen molar-refractivity contribution in [2.24, 2.45) is 0 Å². The van der Waals surface area contributed by atoms with E-state index >= 15 is 0 Å². The first-order valence-corrected chi connectivity index (χ1v) is 7.88. The van der Waals surface area contributed by atoms with Crippen molar-refractivity contribution in [2.75, 3.05) is 6.54 Å². The number of aromatic nitrogens is 1. The van der Waals surface area contributed by atoms with Crippen LogP contribution in [0, 0.1) is 5.82 Å². The zero-order valence-electron chi connectivity index (χ0n) is 11.6. The summed E-state index contributed by atoms with van der Waals surface area (Å²) in [6, 6.07) is 10.4. The summed E-state index contributed by atoms with van der Waals surface area (Å²) in [6.45, 7) is 0.809. The quantitative estimate of drug-likeness (QED) is 0.654. The van der Waals surface area contributed by atoms with Crippen LogP contribution in [0.3, 0.4) is 0 Å². The zero-order chi connectivity index (χ0) is 15.3. The second-order valence-corrected chi connectivity index (χ2v) is 6.27. The van der Waals surface area contributed by atoms with Gasteiger partial charge in [-0.1, -0.05) is 35.3 Å². The number of H-pyrrole nitrogens is 1. The number of rotatable bonds is 1. The van der Waals surface area contributed by atoms with Crippen molar-refractivity contribution in [1.29, 1.82) is 0 Å². The second kappa shape index (κ2) is 5.27. The molecule has 2 N–H and O–H groups in total. The number of hydrogen-bond donors (Lipinski definition) is 2. The molecule has 0 saturated heterocycles. The van der Waals surface area contributed by atoms with Crippen LogP contribution in [0.4, 0.5) is 4.39 Å². The Balaban J connectivity index is 1.92. The molecular weight excluding hydrogens is 322 g/mol. The summed E-state index contributed by atoms with van der Waals surface area (Å²) in [5.74, 6) is -0.217. The summed E-state index contributed by atoms with van der Waals surface area (Å²) < 4.78 is 13.6. The van der Waals surface area contributed by atoms with Gasteiger partial charge in [-0.2, -0.15) is 0 Å². The molecule has 0 amide bonds. The summed E-state index contributed by atoms with van der Waals surface area (Å²) in [6.07, 6.45) is 0.855. The Morgan fingerprint density at radius 3 is 2.86 bits per heavy atom. The first-order chi connectivity index (χ1) is 10.6. The molecule has 1 aliphatic rings. The molecule has 1 atom stereocenters. The van der Waals surface area contributed by atoms with Crippen molar-refractivity contribution >= 4 is 34.1 Å². The molecule has 112 valence electrons. The first-order valence-electron chi connectivity index (χ1n) is 7.12. The van der Waals surface area contributed by atoms with Gasteiger partial charge in [0.2, 0.25) is 0 Å². The maximum atomic E-state index is 13.6. The maximum absolute atomic E-state index is 13.6. The SMILES string of the molecule is Fc1ccc2[nH]c3c(c2c1)CCNC3c1cccc(Cl)c1Cl. The first kappa shape index (κ1) is 14.1. The van der Waals surface area contributed by atoms with E-state index in [9.17, 15) is 4.39 Å². The summed E-state index contributed by atoms with van der Waals surface area (Å²) in [4.78, 5) is 3.41. The van der Waals surface area contributed by atoms with Gasteiger partial charge in [-0.25, -0.2) is 4.39 Å². The normalized spacial score (nSPS) is 17.7.